The van der Waals surface area contributed by atoms with E-state index in [-0.39, 0.29) is 54.4 Å². The maximum absolute atomic E-state index is 14.4. The maximum atomic E-state index is 14.4. The van der Waals surface area contributed by atoms with Gasteiger partial charge in [-0.1, -0.05) is 23.7 Å². The average Bonchev–Trinajstić information content (AvgIpc) is 3.52. The third-order valence-corrected chi connectivity index (χ3v) is 7.39. The molecule has 0 radical (unpaired) electrons. The van der Waals surface area contributed by atoms with Crippen molar-refractivity contribution in [2.75, 3.05) is 6.54 Å². The summed E-state index contributed by atoms with van der Waals surface area (Å²) in [6.07, 6.45) is 1.85. The molecule has 1 aromatic heterocycles. The number of benzene rings is 2. The number of ketones is 1. The largest absolute Gasteiger partial charge is 0.350 e. The summed E-state index contributed by atoms with van der Waals surface area (Å²) in [7, 11) is 0. The molecule has 1 saturated carbocycles. The Morgan fingerprint density at radius 1 is 1.13 bits per heavy atom. The normalized spacial score (nSPS) is 18.8. The number of rotatable bonds is 8. The van der Waals surface area contributed by atoms with Crippen molar-refractivity contribution in [3.05, 3.63) is 70.1 Å². The van der Waals surface area contributed by atoms with Gasteiger partial charge in [-0.3, -0.25) is 19.2 Å². The molecule has 0 bridgehead atoms. The molecule has 39 heavy (non-hydrogen) atoms. The molecular formula is C28H27ClF2N4O4. The summed E-state index contributed by atoms with van der Waals surface area (Å²) in [6.45, 7) is 0.736. The first-order valence-electron chi connectivity index (χ1n) is 12.7. The van der Waals surface area contributed by atoms with E-state index in [4.69, 9.17) is 11.6 Å². The molecule has 2 aromatic carbocycles. The second-order valence-corrected chi connectivity index (χ2v) is 10.4. The number of amides is 3. The van der Waals surface area contributed by atoms with Gasteiger partial charge >= 0.3 is 0 Å². The molecule has 0 spiro atoms. The minimum absolute atomic E-state index is 0.0808. The molecule has 11 heteroatoms. The van der Waals surface area contributed by atoms with Gasteiger partial charge in [-0.25, -0.2) is 8.78 Å². The zero-order chi connectivity index (χ0) is 27.8. The summed E-state index contributed by atoms with van der Waals surface area (Å²) in [5, 5.41) is 5.94. The Labute approximate surface area is 228 Å². The summed E-state index contributed by atoms with van der Waals surface area (Å²) in [6, 6.07) is 8.45. The first-order valence-corrected chi connectivity index (χ1v) is 13.1. The number of likely N-dealkylation sites (tertiary alicyclic amines) is 1. The van der Waals surface area contributed by atoms with Crippen LogP contribution >= 0.6 is 11.6 Å². The molecule has 204 valence electrons. The molecule has 8 nitrogen and oxygen atoms in total. The molecular weight excluding hydrogens is 530 g/mol. The fraction of sp³-hybridized carbons (Fsp3) is 0.357. The average molecular weight is 557 g/mol. The lowest BCUT2D eigenvalue weighted by Gasteiger charge is -2.24. The fourth-order valence-electron chi connectivity index (χ4n) is 4.88. The molecule has 0 unspecified atom stereocenters. The Kier molecular flexibility index (Phi) is 7.40. The van der Waals surface area contributed by atoms with Gasteiger partial charge in [0.25, 0.3) is 5.91 Å². The number of halogens is 3. The van der Waals surface area contributed by atoms with Crippen molar-refractivity contribution < 1.29 is 28.0 Å². The van der Waals surface area contributed by atoms with E-state index < -0.39 is 29.8 Å². The van der Waals surface area contributed by atoms with E-state index in [0.29, 0.717) is 22.0 Å². The monoisotopic (exact) mass is 556 g/mol. The van der Waals surface area contributed by atoms with Crippen molar-refractivity contribution in [2.45, 2.75) is 57.5 Å². The maximum Gasteiger partial charge on any atom is 0.251 e. The van der Waals surface area contributed by atoms with E-state index in [1.807, 2.05) is 0 Å². The Bertz CT molecular complexity index is 1490. The lowest BCUT2D eigenvalue weighted by Crippen LogP contribution is -2.46. The van der Waals surface area contributed by atoms with E-state index in [0.717, 1.165) is 12.8 Å². The Morgan fingerprint density at radius 3 is 2.62 bits per heavy atom. The Balaban J connectivity index is 1.33. The van der Waals surface area contributed by atoms with E-state index in [9.17, 15) is 28.0 Å². The third kappa shape index (κ3) is 5.66. The van der Waals surface area contributed by atoms with Crippen molar-refractivity contribution in [1.82, 2.24) is 20.1 Å². The number of nitrogens with zero attached hydrogens (tertiary/aromatic N) is 2. The van der Waals surface area contributed by atoms with E-state index in [2.05, 4.69) is 10.6 Å². The number of Topliss-reactive ketones (excluding diaryl/α,β-unsaturated/α-hetero) is 1. The Hall–Kier alpha value is -3.79. The second kappa shape index (κ2) is 10.8. The van der Waals surface area contributed by atoms with Crippen molar-refractivity contribution in [3.8, 4) is 0 Å². The van der Waals surface area contributed by atoms with E-state index in [1.54, 1.807) is 28.8 Å². The van der Waals surface area contributed by atoms with Gasteiger partial charge in [0.2, 0.25) is 11.8 Å². The zero-order valence-corrected chi connectivity index (χ0v) is 21.9. The van der Waals surface area contributed by atoms with Gasteiger partial charge < -0.3 is 20.1 Å². The fourth-order valence-corrected chi connectivity index (χ4v) is 5.07. The number of carbonyl (C=O) groups is 4. The van der Waals surface area contributed by atoms with Gasteiger partial charge in [0.15, 0.2) is 5.78 Å². The van der Waals surface area contributed by atoms with Crippen molar-refractivity contribution in [2.24, 2.45) is 0 Å². The molecule has 2 fully saturated rings. The smallest absolute Gasteiger partial charge is 0.251 e. The molecule has 3 amide bonds. The molecule has 2 aliphatic rings. The van der Waals surface area contributed by atoms with Gasteiger partial charge in [0.05, 0.1) is 11.6 Å². The predicted molar refractivity (Wildman–Crippen MR) is 141 cm³/mol. The standard InChI is InChI=1S/C28H27ClF2N4O4/c1-15(36)21-13-34(23-8-5-16(9-20(21)23)27(38)33-19-6-7-19)14-25(37)35-12-18(30)10-24(35)28(39)32-11-17-3-2-4-22(29)26(17)31/h2-5,8-9,13,18-19,24H,6-7,10-12,14H2,1H3,(H,32,39)(H,33,38)/t18-,24+/m1/s1. The van der Waals surface area contributed by atoms with Crippen LogP contribution in [0.2, 0.25) is 5.02 Å². The number of alkyl halides is 1. The number of nitrogens with one attached hydrogen (secondary N) is 2. The van der Waals surface area contributed by atoms with E-state index in [1.165, 1.54) is 30.2 Å². The van der Waals surface area contributed by atoms with Gasteiger partial charge in [-0.15, -0.1) is 0 Å². The highest BCUT2D eigenvalue weighted by Gasteiger charge is 2.40. The molecule has 1 saturated heterocycles. The van der Waals surface area contributed by atoms with Crippen molar-refractivity contribution >= 4 is 46.0 Å². The van der Waals surface area contributed by atoms with Crippen molar-refractivity contribution in [1.29, 1.82) is 0 Å². The third-order valence-electron chi connectivity index (χ3n) is 7.10. The van der Waals surface area contributed by atoms with Gasteiger partial charge in [0, 0.05) is 52.8 Å². The molecule has 2 N–H and O–H groups in total. The highest BCUT2D eigenvalue weighted by molar-refractivity contribution is 6.30. The SMILES string of the molecule is CC(=O)c1cn(CC(=O)N2C[C@H](F)C[C@H]2C(=O)NCc2cccc(Cl)c2F)c2ccc(C(=O)NC3CC3)cc12. The van der Waals surface area contributed by atoms with Crippen LogP contribution in [0.5, 0.6) is 0 Å². The highest BCUT2D eigenvalue weighted by atomic mass is 35.5. The van der Waals surface area contributed by atoms with Crippen molar-refractivity contribution in [3.63, 3.8) is 0 Å². The van der Waals surface area contributed by atoms with Gasteiger partial charge in [0.1, 0.15) is 24.6 Å². The predicted octanol–water partition coefficient (Wildman–Crippen LogP) is 3.78. The van der Waals surface area contributed by atoms with Crippen LogP contribution in [0, 0.1) is 5.82 Å². The minimum atomic E-state index is -1.39. The molecule has 3 aromatic rings. The number of hydrogen-bond acceptors (Lipinski definition) is 4. The van der Waals surface area contributed by atoms with Crippen LogP contribution in [-0.4, -0.2) is 57.8 Å². The van der Waals surface area contributed by atoms with Crippen LogP contribution in [0.25, 0.3) is 10.9 Å². The summed E-state index contributed by atoms with van der Waals surface area (Å²) in [5.41, 5.74) is 1.49. The number of fused-ring (bicyclic) bond motifs is 1. The first kappa shape index (κ1) is 26.8. The number of hydrogen-bond donors (Lipinski definition) is 2. The topological polar surface area (TPSA) is 101 Å². The number of aromatic nitrogens is 1. The molecule has 2 heterocycles. The van der Waals surface area contributed by atoms with Crippen LogP contribution in [0.4, 0.5) is 8.78 Å². The lowest BCUT2D eigenvalue weighted by atomic mass is 10.1. The minimum Gasteiger partial charge on any atom is -0.350 e. The van der Waals surface area contributed by atoms with Gasteiger partial charge in [-0.2, -0.15) is 0 Å². The molecule has 2 atom stereocenters. The molecule has 1 aliphatic heterocycles. The lowest BCUT2D eigenvalue weighted by molar-refractivity contribution is -0.139. The summed E-state index contributed by atoms with van der Waals surface area (Å²) in [4.78, 5) is 52.3. The summed E-state index contributed by atoms with van der Waals surface area (Å²) < 4.78 is 30.2. The van der Waals surface area contributed by atoms with Crippen LogP contribution in [-0.2, 0) is 22.7 Å². The molecule has 1 aliphatic carbocycles. The first-order chi connectivity index (χ1) is 18.6. The highest BCUT2D eigenvalue weighted by Crippen LogP contribution is 2.27. The van der Waals surface area contributed by atoms with Crippen LogP contribution in [0.1, 0.15) is 52.5 Å². The zero-order valence-electron chi connectivity index (χ0n) is 21.2. The summed E-state index contributed by atoms with van der Waals surface area (Å²) in [5.74, 6) is -2.23. The molecule has 5 rings (SSSR count). The van der Waals surface area contributed by atoms with Crippen LogP contribution in [0.15, 0.2) is 42.6 Å². The second-order valence-electron chi connectivity index (χ2n) is 10.0. The van der Waals surface area contributed by atoms with E-state index >= 15 is 0 Å². The van der Waals surface area contributed by atoms with Crippen LogP contribution < -0.4 is 10.6 Å². The number of carbonyl (C=O) groups excluding carboxylic acids is 4. The summed E-state index contributed by atoms with van der Waals surface area (Å²) >= 11 is 5.79. The quantitative estimate of drug-likeness (QED) is 0.412. The Morgan fingerprint density at radius 2 is 1.90 bits per heavy atom. The van der Waals surface area contributed by atoms with Crippen LogP contribution in [0.3, 0.4) is 0 Å². The van der Waals surface area contributed by atoms with Gasteiger partial charge in [-0.05, 0) is 44.0 Å².